The first-order valence-electron chi connectivity index (χ1n) is 7.79. The molecule has 0 heterocycles. The molecule has 0 aliphatic rings. The molecule has 0 aromatic heterocycles. The van der Waals surface area contributed by atoms with Crippen LogP contribution in [0.1, 0.15) is 30.4 Å². The van der Waals surface area contributed by atoms with E-state index in [1.165, 1.54) is 24.0 Å². The molecular weight excluding hydrogens is 254 g/mol. The Hall–Kier alpha value is -1.86. The predicted molar refractivity (Wildman–Crippen MR) is 91.0 cm³/mol. The van der Waals surface area contributed by atoms with Crippen molar-refractivity contribution in [3.8, 4) is 0 Å². The Morgan fingerprint density at radius 1 is 0.762 bits per heavy atom. The zero-order valence-corrected chi connectivity index (χ0v) is 12.7. The lowest BCUT2D eigenvalue weighted by atomic mass is 10.1. The lowest BCUT2D eigenvalue weighted by Gasteiger charge is -2.22. The summed E-state index contributed by atoms with van der Waals surface area (Å²) in [4.78, 5) is 2.54. The van der Waals surface area contributed by atoms with Crippen LogP contribution in [-0.2, 0) is 13.1 Å². The van der Waals surface area contributed by atoms with Gasteiger partial charge in [0, 0.05) is 13.1 Å². The quantitative estimate of drug-likeness (QED) is 0.459. The summed E-state index contributed by atoms with van der Waals surface area (Å²) in [6.45, 7) is 6.97. The van der Waals surface area contributed by atoms with Gasteiger partial charge in [-0.25, -0.2) is 0 Å². The van der Waals surface area contributed by atoms with Crippen LogP contribution in [0.25, 0.3) is 0 Å². The van der Waals surface area contributed by atoms with Crippen LogP contribution in [0.5, 0.6) is 0 Å². The van der Waals surface area contributed by atoms with Gasteiger partial charge in [-0.3, -0.25) is 4.90 Å². The molecule has 2 rings (SSSR count). The Bertz CT molecular complexity index is 462. The summed E-state index contributed by atoms with van der Waals surface area (Å²) in [6.07, 6.45) is 5.58. The molecule has 0 N–H and O–H groups in total. The monoisotopic (exact) mass is 279 g/mol. The molecular formula is C20H25N. The van der Waals surface area contributed by atoms with Crippen molar-refractivity contribution < 1.29 is 0 Å². The zero-order chi connectivity index (χ0) is 14.8. The second kappa shape index (κ2) is 9.15. The molecule has 1 heteroatoms. The number of rotatable bonds is 9. The molecule has 21 heavy (non-hydrogen) atoms. The maximum absolute atomic E-state index is 3.80. The summed E-state index contributed by atoms with van der Waals surface area (Å²) in [5.41, 5.74) is 2.77. The molecule has 0 saturated heterocycles. The second-order valence-electron chi connectivity index (χ2n) is 5.47. The number of hydrogen-bond donors (Lipinski definition) is 0. The van der Waals surface area contributed by atoms with Crippen LogP contribution in [-0.4, -0.2) is 11.4 Å². The third-order valence-corrected chi connectivity index (χ3v) is 3.63. The molecule has 0 aliphatic carbocycles. The van der Waals surface area contributed by atoms with Gasteiger partial charge in [0.25, 0.3) is 0 Å². The molecule has 0 bridgehead atoms. The number of benzene rings is 2. The van der Waals surface area contributed by atoms with Crippen molar-refractivity contribution in [1.29, 1.82) is 0 Å². The van der Waals surface area contributed by atoms with Crippen LogP contribution >= 0.6 is 0 Å². The fraction of sp³-hybridized carbons (Fsp3) is 0.300. The molecule has 0 saturated carbocycles. The average molecular weight is 279 g/mol. The standard InChI is InChI=1S/C20H25N/c1-2-3-4-11-16-21(17-19-12-7-5-8-13-19)18-20-14-9-6-10-15-20/h2,5-10,12-15H,1,3-4,11,16-18H2. The highest BCUT2D eigenvalue weighted by atomic mass is 15.1. The van der Waals surface area contributed by atoms with Gasteiger partial charge in [-0.2, -0.15) is 0 Å². The number of nitrogens with zero attached hydrogens (tertiary/aromatic N) is 1. The van der Waals surface area contributed by atoms with Gasteiger partial charge in [-0.1, -0.05) is 66.7 Å². The molecule has 0 amide bonds. The predicted octanol–water partition coefficient (Wildman–Crippen LogP) is 5.05. The molecule has 0 aliphatic heterocycles. The smallest absolute Gasteiger partial charge is 0.0237 e. The third kappa shape index (κ3) is 5.97. The van der Waals surface area contributed by atoms with Gasteiger partial charge in [0.15, 0.2) is 0 Å². The van der Waals surface area contributed by atoms with Gasteiger partial charge < -0.3 is 0 Å². The first-order chi connectivity index (χ1) is 10.4. The summed E-state index contributed by atoms with van der Waals surface area (Å²) in [6, 6.07) is 21.5. The van der Waals surface area contributed by atoms with Crippen molar-refractivity contribution in [2.24, 2.45) is 0 Å². The molecule has 110 valence electrons. The second-order valence-corrected chi connectivity index (χ2v) is 5.47. The highest BCUT2D eigenvalue weighted by Gasteiger charge is 2.06. The highest BCUT2D eigenvalue weighted by Crippen LogP contribution is 2.11. The Morgan fingerprint density at radius 3 is 1.76 bits per heavy atom. The fourth-order valence-corrected chi connectivity index (χ4v) is 2.52. The molecule has 2 aromatic carbocycles. The topological polar surface area (TPSA) is 3.24 Å². The van der Waals surface area contributed by atoms with Crippen molar-refractivity contribution in [2.45, 2.75) is 32.4 Å². The number of hydrogen-bond acceptors (Lipinski definition) is 1. The minimum atomic E-state index is 1.02. The Labute approximate surface area is 128 Å². The van der Waals surface area contributed by atoms with Crippen LogP contribution < -0.4 is 0 Å². The number of allylic oxidation sites excluding steroid dienone is 1. The highest BCUT2D eigenvalue weighted by molar-refractivity contribution is 5.17. The fourth-order valence-electron chi connectivity index (χ4n) is 2.52. The first kappa shape index (κ1) is 15.5. The van der Waals surface area contributed by atoms with E-state index in [9.17, 15) is 0 Å². The molecule has 0 unspecified atom stereocenters. The minimum absolute atomic E-state index is 1.02. The molecule has 0 fully saturated rings. The lowest BCUT2D eigenvalue weighted by molar-refractivity contribution is 0.251. The molecule has 0 spiro atoms. The lowest BCUT2D eigenvalue weighted by Crippen LogP contribution is -2.24. The van der Waals surface area contributed by atoms with E-state index < -0.39 is 0 Å². The third-order valence-electron chi connectivity index (χ3n) is 3.63. The Kier molecular flexibility index (Phi) is 6.76. The van der Waals surface area contributed by atoms with Crippen LogP contribution in [0.4, 0.5) is 0 Å². The zero-order valence-electron chi connectivity index (χ0n) is 12.7. The maximum atomic E-state index is 3.80. The van der Waals surface area contributed by atoms with E-state index in [2.05, 4.69) is 72.1 Å². The summed E-state index contributed by atoms with van der Waals surface area (Å²) in [5, 5.41) is 0. The SMILES string of the molecule is C=CCCCCN(Cc1ccccc1)Cc1ccccc1. The van der Waals surface area contributed by atoms with E-state index in [0.717, 1.165) is 26.1 Å². The summed E-state index contributed by atoms with van der Waals surface area (Å²) < 4.78 is 0. The van der Waals surface area contributed by atoms with Crippen molar-refractivity contribution in [1.82, 2.24) is 4.90 Å². The van der Waals surface area contributed by atoms with E-state index in [4.69, 9.17) is 0 Å². The van der Waals surface area contributed by atoms with Crippen LogP contribution in [0, 0.1) is 0 Å². The summed E-state index contributed by atoms with van der Waals surface area (Å²) in [7, 11) is 0. The van der Waals surface area contributed by atoms with Crippen LogP contribution in [0.3, 0.4) is 0 Å². The Balaban J connectivity index is 1.94. The van der Waals surface area contributed by atoms with E-state index in [-0.39, 0.29) is 0 Å². The van der Waals surface area contributed by atoms with Gasteiger partial charge in [0.1, 0.15) is 0 Å². The summed E-state index contributed by atoms with van der Waals surface area (Å²) in [5.74, 6) is 0. The number of unbranched alkanes of at least 4 members (excludes halogenated alkanes) is 2. The largest absolute Gasteiger partial charge is 0.295 e. The van der Waals surface area contributed by atoms with Crippen LogP contribution in [0.15, 0.2) is 73.3 Å². The van der Waals surface area contributed by atoms with Gasteiger partial charge >= 0.3 is 0 Å². The minimum Gasteiger partial charge on any atom is -0.295 e. The van der Waals surface area contributed by atoms with Gasteiger partial charge in [0.2, 0.25) is 0 Å². The molecule has 2 aromatic rings. The van der Waals surface area contributed by atoms with Gasteiger partial charge in [0.05, 0.1) is 0 Å². The van der Waals surface area contributed by atoms with Gasteiger partial charge in [-0.05, 0) is 36.9 Å². The van der Waals surface area contributed by atoms with E-state index in [0.29, 0.717) is 0 Å². The average Bonchev–Trinajstić information content (AvgIpc) is 2.53. The molecule has 0 radical (unpaired) electrons. The molecule has 1 nitrogen and oxygen atoms in total. The van der Waals surface area contributed by atoms with E-state index >= 15 is 0 Å². The van der Waals surface area contributed by atoms with E-state index in [1.54, 1.807) is 0 Å². The Morgan fingerprint density at radius 2 is 1.29 bits per heavy atom. The normalized spacial score (nSPS) is 10.7. The summed E-state index contributed by atoms with van der Waals surface area (Å²) >= 11 is 0. The maximum Gasteiger partial charge on any atom is 0.0237 e. The van der Waals surface area contributed by atoms with Gasteiger partial charge in [-0.15, -0.1) is 6.58 Å². The van der Waals surface area contributed by atoms with Crippen molar-refractivity contribution in [3.05, 3.63) is 84.4 Å². The van der Waals surface area contributed by atoms with Crippen molar-refractivity contribution in [3.63, 3.8) is 0 Å². The van der Waals surface area contributed by atoms with Crippen molar-refractivity contribution in [2.75, 3.05) is 6.54 Å². The molecule has 0 atom stereocenters. The first-order valence-corrected chi connectivity index (χ1v) is 7.79. The van der Waals surface area contributed by atoms with Crippen molar-refractivity contribution >= 4 is 0 Å². The van der Waals surface area contributed by atoms with Crippen LogP contribution in [0.2, 0.25) is 0 Å². The van der Waals surface area contributed by atoms with E-state index in [1.807, 2.05) is 6.08 Å².